The molecule has 0 radical (unpaired) electrons. The number of hydrazone groups is 1. The number of carbonyl (C=O) groups is 1. The SMILES string of the molecule is CCOc1ccc(-c2c(C(=O)N/N=C/c3ccoc3)nnn2-c2nonc2N)cc1. The largest absolute Gasteiger partial charge is 0.494 e. The highest BCUT2D eigenvalue weighted by molar-refractivity contribution is 5.98. The van der Waals surface area contributed by atoms with Gasteiger partial charge in [-0.1, -0.05) is 5.21 Å². The molecule has 0 aliphatic rings. The standard InChI is InChI=1S/C18H16N8O4/c1-2-29-13-5-3-12(4-6-13)15-14(18(27)22-20-9-11-7-8-28-10-11)21-25-26(15)17-16(19)23-30-24-17/h3-10H,2H2,1H3,(H2,19,23)(H,22,27)/b20-9+. The van der Waals surface area contributed by atoms with Crippen molar-refractivity contribution < 1.29 is 18.6 Å². The smallest absolute Gasteiger partial charge is 0.294 e. The number of aromatic nitrogens is 5. The highest BCUT2D eigenvalue weighted by atomic mass is 16.6. The summed E-state index contributed by atoms with van der Waals surface area (Å²) in [6, 6.07) is 8.74. The van der Waals surface area contributed by atoms with Crippen LogP contribution in [-0.2, 0) is 0 Å². The Bertz CT molecular complexity index is 1160. The van der Waals surface area contributed by atoms with Crippen LogP contribution in [0.1, 0.15) is 23.0 Å². The predicted molar refractivity (Wildman–Crippen MR) is 104 cm³/mol. The van der Waals surface area contributed by atoms with Gasteiger partial charge in [0.2, 0.25) is 11.6 Å². The second-order valence-corrected chi connectivity index (χ2v) is 5.88. The average Bonchev–Trinajstić information content (AvgIpc) is 3.49. The summed E-state index contributed by atoms with van der Waals surface area (Å²) in [4.78, 5) is 12.7. The number of nitrogens with one attached hydrogen (secondary N) is 1. The van der Waals surface area contributed by atoms with Crippen LogP contribution in [0.4, 0.5) is 5.82 Å². The maximum Gasteiger partial charge on any atom is 0.294 e. The van der Waals surface area contributed by atoms with E-state index in [0.717, 1.165) is 0 Å². The first-order valence-corrected chi connectivity index (χ1v) is 8.80. The lowest BCUT2D eigenvalue weighted by Gasteiger charge is -2.07. The molecule has 0 aliphatic carbocycles. The van der Waals surface area contributed by atoms with E-state index < -0.39 is 5.91 Å². The zero-order chi connectivity index (χ0) is 20.9. The first-order valence-electron chi connectivity index (χ1n) is 8.80. The van der Waals surface area contributed by atoms with Crippen LogP contribution in [-0.4, -0.2) is 44.0 Å². The molecular formula is C18H16N8O4. The van der Waals surface area contributed by atoms with Crippen LogP contribution in [0, 0.1) is 0 Å². The minimum atomic E-state index is -0.583. The number of amides is 1. The predicted octanol–water partition coefficient (Wildman–Crippen LogP) is 1.66. The van der Waals surface area contributed by atoms with E-state index in [1.165, 1.54) is 23.4 Å². The minimum Gasteiger partial charge on any atom is -0.494 e. The Labute approximate surface area is 169 Å². The highest BCUT2D eigenvalue weighted by Gasteiger charge is 2.25. The Morgan fingerprint density at radius 3 is 2.80 bits per heavy atom. The van der Waals surface area contributed by atoms with Gasteiger partial charge in [0.05, 0.1) is 25.3 Å². The van der Waals surface area contributed by atoms with Gasteiger partial charge in [-0.2, -0.15) is 9.78 Å². The van der Waals surface area contributed by atoms with Crippen LogP contribution in [0.5, 0.6) is 5.75 Å². The van der Waals surface area contributed by atoms with Crippen molar-refractivity contribution in [2.75, 3.05) is 12.3 Å². The van der Waals surface area contributed by atoms with E-state index in [4.69, 9.17) is 14.9 Å². The lowest BCUT2D eigenvalue weighted by Crippen LogP contribution is -2.19. The fraction of sp³-hybridized carbons (Fsp3) is 0.111. The van der Waals surface area contributed by atoms with E-state index >= 15 is 0 Å². The number of carbonyl (C=O) groups excluding carboxylic acids is 1. The monoisotopic (exact) mass is 408 g/mol. The van der Waals surface area contributed by atoms with Gasteiger partial charge in [-0.15, -0.1) is 5.10 Å². The van der Waals surface area contributed by atoms with Crippen LogP contribution in [0.15, 0.2) is 57.0 Å². The molecule has 0 aliphatic heterocycles. The van der Waals surface area contributed by atoms with E-state index in [0.29, 0.717) is 29.2 Å². The zero-order valence-electron chi connectivity index (χ0n) is 15.7. The molecule has 0 fully saturated rings. The number of nitrogens with zero attached hydrogens (tertiary/aromatic N) is 6. The van der Waals surface area contributed by atoms with Crippen molar-refractivity contribution in [2.24, 2.45) is 5.10 Å². The lowest BCUT2D eigenvalue weighted by molar-refractivity contribution is 0.0950. The summed E-state index contributed by atoms with van der Waals surface area (Å²) >= 11 is 0. The Morgan fingerprint density at radius 2 is 2.13 bits per heavy atom. The van der Waals surface area contributed by atoms with Crippen LogP contribution in [0.3, 0.4) is 0 Å². The molecule has 1 aromatic carbocycles. The normalized spacial score (nSPS) is 11.1. The molecule has 3 heterocycles. The second-order valence-electron chi connectivity index (χ2n) is 5.88. The summed E-state index contributed by atoms with van der Waals surface area (Å²) in [6.07, 6.45) is 4.41. The maximum atomic E-state index is 12.7. The zero-order valence-corrected chi connectivity index (χ0v) is 15.7. The first kappa shape index (κ1) is 18.9. The highest BCUT2D eigenvalue weighted by Crippen LogP contribution is 2.28. The van der Waals surface area contributed by atoms with Gasteiger partial charge in [-0.05, 0) is 47.6 Å². The van der Waals surface area contributed by atoms with Gasteiger partial charge in [0.25, 0.3) is 5.91 Å². The van der Waals surface area contributed by atoms with Gasteiger partial charge in [-0.3, -0.25) is 4.79 Å². The topological polar surface area (TPSA) is 159 Å². The molecule has 4 rings (SSSR count). The van der Waals surface area contributed by atoms with Crippen LogP contribution in [0.25, 0.3) is 17.1 Å². The summed E-state index contributed by atoms with van der Waals surface area (Å²) in [7, 11) is 0. The van der Waals surface area contributed by atoms with Gasteiger partial charge >= 0.3 is 0 Å². The van der Waals surface area contributed by atoms with Crippen molar-refractivity contribution in [3.05, 3.63) is 54.1 Å². The molecule has 12 nitrogen and oxygen atoms in total. The summed E-state index contributed by atoms with van der Waals surface area (Å²) in [5.74, 6) is 0.197. The molecule has 0 unspecified atom stereocenters. The van der Waals surface area contributed by atoms with Crippen LogP contribution < -0.4 is 15.9 Å². The number of nitrogen functional groups attached to an aromatic ring is 1. The molecule has 0 saturated heterocycles. The summed E-state index contributed by atoms with van der Waals surface area (Å²) in [5, 5.41) is 19.2. The number of furan rings is 1. The molecule has 12 heteroatoms. The van der Waals surface area contributed by atoms with Crippen molar-refractivity contribution in [1.82, 2.24) is 30.7 Å². The fourth-order valence-corrected chi connectivity index (χ4v) is 2.62. The Kier molecular flexibility index (Phi) is 5.19. The molecule has 3 aromatic heterocycles. The number of hydrogen-bond acceptors (Lipinski definition) is 10. The van der Waals surface area contributed by atoms with Gasteiger partial charge in [0.1, 0.15) is 11.4 Å². The van der Waals surface area contributed by atoms with E-state index in [2.05, 4.69) is 35.8 Å². The quantitative estimate of drug-likeness (QED) is 0.342. The van der Waals surface area contributed by atoms with Crippen molar-refractivity contribution in [1.29, 1.82) is 0 Å². The number of ether oxygens (including phenoxy) is 1. The molecule has 1 amide bonds. The summed E-state index contributed by atoms with van der Waals surface area (Å²) in [6.45, 7) is 2.42. The van der Waals surface area contributed by atoms with Gasteiger partial charge in [-0.25, -0.2) is 10.1 Å². The average molecular weight is 408 g/mol. The maximum absolute atomic E-state index is 12.7. The van der Waals surface area contributed by atoms with Gasteiger partial charge < -0.3 is 14.9 Å². The molecule has 0 saturated carbocycles. The van der Waals surface area contributed by atoms with E-state index in [1.807, 2.05) is 6.92 Å². The third-order valence-electron chi connectivity index (χ3n) is 3.94. The molecule has 152 valence electrons. The molecule has 4 aromatic rings. The second kappa shape index (κ2) is 8.26. The Balaban J connectivity index is 1.70. The molecular weight excluding hydrogens is 392 g/mol. The summed E-state index contributed by atoms with van der Waals surface area (Å²) in [5.41, 5.74) is 9.85. The van der Waals surface area contributed by atoms with E-state index in [-0.39, 0.29) is 17.3 Å². The van der Waals surface area contributed by atoms with Crippen LogP contribution >= 0.6 is 0 Å². The number of rotatable bonds is 7. The van der Waals surface area contributed by atoms with E-state index in [1.54, 1.807) is 30.3 Å². The Hall–Kier alpha value is -4.48. The third-order valence-corrected chi connectivity index (χ3v) is 3.94. The van der Waals surface area contributed by atoms with Crippen molar-refractivity contribution in [2.45, 2.75) is 6.92 Å². The van der Waals surface area contributed by atoms with Crippen molar-refractivity contribution >= 4 is 17.9 Å². The molecule has 30 heavy (non-hydrogen) atoms. The third kappa shape index (κ3) is 3.73. The number of benzene rings is 1. The molecule has 0 bridgehead atoms. The van der Waals surface area contributed by atoms with Crippen LogP contribution in [0.2, 0.25) is 0 Å². The fourth-order valence-electron chi connectivity index (χ4n) is 2.62. The molecule has 3 N–H and O–H groups in total. The number of hydrogen-bond donors (Lipinski definition) is 2. The number of nitrogens with two attached hydrogens (primary N) is 1. The molecule has 0 atom stereocenters. The first-order chi connectivity index (χ1) is 14.7. The Morgan fingerprint density at radius 1 is 1.30 bits per heavy atom. The minimum absolute atomic E-state index is 0.00276. The van der Waals surface area contributed by atoms with E-state index in [9.17, 15) is 4.79 Å². The van der Waals surface area contributed by atoms with Gasteiger partial charge in [0, 0.05) is 11.1 Å². The van der Waals surface area contributed by atoms with Crippen molar-refractivity contribution in [3.8, 4) is 22.8 Å². The summed E-state index contributed by atoms with van der Waals surface area (Å²) < 4.78 is 16.3. The lowest BCUT2D eigenvalue weighted by atomic mass is 10.1. The van der Waals surface area contributed by atoms with Crippen molar-refractivity contribution in [3.63, 3.8) is 0 Å². The van der Waals surface area contributed by atoms with Gasteiger partial charge in [0.15, 0.2) is 5.69 Å². The molecule has 0 spiro atoms. The number of anilines is 1.